The quantitative estimate of drug-likeness (QED) is 0.107. The SMILES string of the molecule is C=[C-]C(=O)OC(CC(=C)C(O)(C(F)(F)F)C(F)(F)F)CC(C)C(O)(C(F)(F)F)C(F)(F)F.[Rh]. The summed E-state index contributed by atoms with van der Waals surface area (Å²) in [6.07, 6.45) is -30.5. The summed E-state index contributed by atoms with van der Waals surface area (Å²) in [6.45, 7) is 5.17. The van der Waals surface area contributed by atoms with Crippen molar-refractivity contribution >= 4 is 5.97 Å². The Morgan fingerprint density at radius 1 is 0.879 bits per heavy atom. The minimum Gasteiger partial charge on any atom is -0.486 e. The summed E-state index contributed by atoms with van der Waals surface area (Å²) in [6, 6.07) is 0. The zero-order chi connectivity index (χ0) is 26.1. The van der Waals surface area contributed by atoms with E-state index in [0.29, 0.717) is 0 Å². The smallest absolute Gasteiger partial charge is 0.430 e. The summed E-state index contributed by atoms with van der Waals surface area (Å²) in [4.78, 5) is 11.2. The van der Waals surface area contributed by atoms with E-state index in [4.69, 9.17) is 0 Å². The number of alkyl halides is 12. The molecule has 0 bridgehead atoms. The number of aliphatic hydroxyl groups is 2. The van der Waals surface area contributed by atoms with E-state index >= 15 is 0 Å². The van der Waals surface area contributed by atoms with E-state index in [1.807, 2.05) is 0 Å². The Morgan fingerprint density at radius 3 is 1.52 bits per heavy atom. The Labute approximate surface area is 191 Å². The maximum atomic E-state index is 12.9. The third kappa shape index (κ3) is 6.84. The zero-order valence-corrected chi connectivity index (χ0v) is 17.7. The van der Waals surface area contributed by atoms with Gasteiger partial charge in [0.1, 0.15) is 12.1 Å². The molecule has 197 valence electrons. The van der Waals surface area contributed by atoms with Crippen LogP contribution in [-0.2, 0) is 29.0 Å². The number of rotatable bonds is 8. The largest absolute Gasteiger partial charge is 0.486 e. The van der Waals surface area contributed by atoms with Crippen molar-refractivity contribution < 1.29 is 91.9 Å². The molecule has 0 rings (SSSR count). The second-order valence-corrected chi connectivity index (χ2v) is 6.62. The van der Waals surface area contributed by atoms with Crippen molar-refractivity contribution in [2.75, 3.05) is 0 Å². The molecule has 0 saturated carbocycles. The maximum absolute atomic E-state index is 12.9. The minimum atomic E-state index is -6.47. The maximum Gasteiger partial charge on any atom is 0.430 e. The van der Waals surface area contributed by atoms with Crippen LogP contribution < -0.4 is 0 Å². The molecule has 0 amide bonds. The van der Waals surface area contributed by atoms with Gasteiger partial charge in [0, 0.05) is 31.8 Å². The van der Waals surface area contributed by atoms with Crippen LogP contribution in [0.15, 0.2) is 18.7 Å². The normalized spacial score (nSPS) is 15.8. The first-order valence-electron chi connectivity index (χ1n) is 8.01. The third-order valence-corrected chi connectivity index (χ3v) is 4.42. The van der Waals surface area contributed by atoms with Gasteiger partial charge in [0.05, 0.1) is 0 Å². The molecular weight excluding hydrogens is 587 g/mol. The average molecular weight is 602 g/mol. The van der Waals surface area contributed by atoms with E-state index in [1.54, 1.807) is 0 Å². The van der Waals surface area contributed by atoms with Gasteiger partial charge >= 0.3 is 24.7 Å². The summed E-state index contributed by atoms with van der Waals surface area (Å²) >= 11 is 0. The van der Waals surface area contributed by atoms with Crippen molar-refractivity contribution in [1.29, 1.82) is 0 Å². The van der Waals surface area contributed by atoms with E-state index in [-0.39, 0.29) is 26.4 Å². The molecule has 0 aliphatic carbocycles. The fraction of sp³-hybridized carbons (Fsp3) is 0.688. The van der Waals surface area contributed by atoms with Gasteiger partial charge in [0.25, 0.3) is 11.2 Å². The Bertz CT molecular complexity index is 680. The van der Waals surface area contributed by atoms with Crippen LogP contribution in [0.1, 0.15) is 19.8 Å². The number of halogens is 12. The van der Waals surface area contributed by atoms with Gasteiger partial charge in [-0.15, -0.1) is 0 Å². The van der Waals surface area contributed by atoms with Gasteiger partial charge in [-0.2, -0.15) is 52.7 Å². The molecule has 0 aromatic rings. The third-order valence-electron chi connectivity index (χ3n) is 4.42. The summed E-state index contributed by atoms with van der Waals surface area (Å²) < 4.78 is 159. The molecule has 0 spiro atoms. The first-order valence-corrected chi connectivity index (χ1v) is 8.01. The molecule has 0 aromatic heterocycles. The molecule has 0 aliphatic rings. The number of carbonyl (C=O) groups is 1. The predicted octanol–water partition coefficient (Wildman–Crippen LogP) is 4.57. The fourth-order valence-corrected chi connectivity index (χ4v) is 2.63. The minimum absolute atomic E-state index is 0. The van der Waals surface area contributed by atoms with Crippen LogP contribution in [0.25, 0.3) is 0 Å². The van der Waals surface area contributed by atoms with Crippen molar-refractivity contribution in [3.05, 3.63) is 24.8 Å². The van der Waals surface area contributed by atoms with Crippen molar-refractivity contribution in [1.82, 2.24) is 0 Å². The summed E-state index contributed by atoms with van der Waals surface area (Å²) in [7, 11) is 0. The van der Waals surface area contributed by atoms with Crippen molar-refractivity contribution in [3.63, 3.8) is 0 Å². The molecule has 0 heterocycles. The molecule has 0 saturated heterocycles. The van der Waals surface area contributed by atoms with Crippen LogP contribution in [0.4, 0.5) is 52.7 Å². The molecule has 1 radical (unpaired) electrons. The molecule has 4 nitrogen and oxygen atoms in total. The van der Waals surface area contributed by atoms with E-state index in [2.05, 4.69) is 17.9 Å². The zero-order valence-electron chi connectivity index (χ0n) is 16.1. The van der Waals surface area contributed by atoms with Crippen LogP contribution in [0, 0.1) is 12.0 Å². The summed E-state index contributed by atoms with van der Waals surface area (Å²) in [5.41, 5.74) is -13.3. The first-order chi connectivity index (χ1) is 13.9. The van der Waals surface area contributed by atoms with E-state index < -0.39 is 72.3 Å². The van der Waals surface area contributed by atoms with Crippen molar-refractivity contribution in [3.8, 4) is 0 Å². The fourth-order valence-electron chi connectivity index (χ4n) is 2.63. The number of hydrogen-bond donors (Lipinski definition) is 2. The van der Waals surface area contributed by atoms with Gasteiger partial charge < -0.3 is 21.0 Å². The number of ether oxygens (including phenoxy) is 1. The Hall–Kier alpha value is -1.35. The van der Waals surface area contributed by atoms with Crippen LogP contribution in [0.2, 0.25) is 0 Å². The van der Waals surface area contributed by atoms with Gasteiger partial charge in [-0.3, -0.25) is 11.4 Å². The first kappa shape index (κ1) is 33.8. The summed E-state index contributed by atoms with van der Waals surface area (Å²) in [5.74, 6) is -4.78. The second-order valence-electron chi connectivity index (χ2n) is 6.62. The molecular formula is C16H15F12O4Rh-. The molecule has 33 heavy (non-hydrogen) atoms. The Morgan fingerprint density at radius 2 is 1.24 bits per heavy atom. The Balaban J connectivity index is 0. The summed E-state index contributed by atoms with van der Waals surface area (Å²) in [5, 5.41) is 18.5. The molecule has 0 aromatic carbocycles. The predicted molar refractivity (Wildman–Crippen MR) is 80.4 cm³/mol. The van der Waals surface area contributed by atoms with E-state index in [9.17, 15) is 67.7 Å². The number of esters is 1. The van der Waals surface area contributed by atoms with Gasteiger partial charge in [0.2, 0.25) is 0 Å². The average Bonchev–Trinajstić information content (AvgIpc) is 2.55. The standard InChI is InChI=1S/C16H15F12O4.Rh/c1-4-10(29)32-9(5-7(2)11(30,13(17,18)19)14(20,21)22)6-8(3)12(31,15(23,24)25)16(26,27)28;/h8-9,30-31H,1-2,5-6H2,3H3;/q-1;. The monoisotopic (exact) mass is 602 g/mol. The molecule has 17 heteroatoms. The van der Waals surface area contributed by atoms with Crippen LogP contribution in [0.5, 0.6) is 0 Å². The van der Waals surface area contributed by atoms with Crippen molar-refractivity contribution in [2.45, 2.75) is 61.8 Å². The van der Waals surface area contributed by atoms with E-state index in [0.717, 1.165) is 0 Å². The molecule has 0 aliphatic heterocycles. The van der Waals surface area contributed by atoms with Crippen LogP contribution in [-0.4, -0.2) is 58.2 Å². The van der Waals surface area contributed by atoms with Crippen molar-refractivity contribution in [2.24, 2.45) is 5.92 Å². The second kappa shape index (κ2) is 10.5. The van der Waals surface area contributed by atoms with Crippen LogP contribution in [0.3, 0.4) is 0 Å². The van der Waals surface area contributed by atoms with Gasteiger partial charge in [-0.25, -0.2) is 0 Å². The van der Waals surface area contributed by atoms with Gasteiger partial charge in [0.15, 0.2) is 0 Å². The number of hydrogen-bond acceptors (Lipinski definition) is 4. The molecule has 2 N–H and O–H groups in total. The van der Waals surface area contributed by atoms with E-state index in [1.165, 1.54) is 6.08 Å². The Kier molecular flexibility index (Phi) is 10.8. The van der Waals surface area contributed by atoms with Crippen LogP contribution >= 0.6 is 0 Å². The molecule has 2 unspecified atom stereocenters. The number of carbonyl (C=O) groups excluding carboxylic acids is 1. The van der Waals surface area contributed by atoms with Gasteiger partial charge in [-0.1, -0.05) is 13.5 Å². The van der Waals surface area contributed by atoms with Gasteiger partial charge in [-0.05, 0) is 12.0 Å². The topological polar surface area (TPSA) is 66.8 Å². The molecule has 2 atom stereocenters. The molecule has 0 fully saturated rings.